The van der Waals surface area contributed by atoms with E-state index in [2.05, 4.69) is 5.32 Å². The zero-order chi connectivity index (χ0) is 15.6. The number of carbonyl (C=O) groups is 1. The number of amides is 1. The Hall–Kier alpha value is -0.980. The van der Waals surface area contributed by atoms with E-state index in [1.54, 1.807) is 20.8 Å². The SMILES string of the molecule is CC(C)(C)OC(=O)NC1(C(CN)C(F)(F)F)CCCC1. The highest BCUT2D eigenvalue weighted by Crippen LogP contribution is 2.43. The van der Waals surface area contributed by atoms with Gasteiger partial charge in [0.2, 0.25) is 0 Å². The molecular formula is C13H23F3N2O2. The van der Waals surface area contributed by atoms with Crippen LogP contribution in [0.3, 0.4) is 0 Å². The second-order valence-electron chi connectivity index (χ2n) is 6.32. The summed E-state index contributed by atoms with van der Waals surface area (Å²) in [5.74, 6) is -1.75. The van der Waals surface area contributed by atoms with Gasteiger partial charge >= 0.3 is 12.3 Å². The second kappa shape index (κ2) is 5.79. The summed E-state index contributed by atoms with van der Waals surface area (Å²) in [5, 5.41) is 2.45. The smallest absolute Gasteiger partial charge is 0.408 e. The Morgan fingerprint density at radius 2 is 1.80 bits per heavy atom. The zero-order valence-electron chi connectivity index (χ0n) is 12.1. The first-order valence-corrected chi connectivity index (χ1v) is 6.78. The third-order valence-corrected chi connectivity index (χ3v) is 3.54. The van der Waals surface area contributed by atoms with Gasteiger partial charge in [-0.1, -0.05) is 12.8 Å². The fraction of sp³-hybridized carbons (Fsp3) is 0.923. The molecule has 1 amide bonds. The lowest BCUT2D eigenvalue weighted by Crippen LogP contribution is -2.59. The van der Waals surface area contributed by atoms with E-state index < -0.39 is 35.9 Å². The molecule has 20 heavy (non-hydrogen) atoms. The van der Waals surface area contributed by atoms with E-state index in [9.17, 15) is 18.0 Å². The lowest BCUT2D eigenvalue weighted by atomic mass is 9.81. The molecule has 1 fully saturated rings. The van der Waals surface area contributed by atoms with Crippen molar-refractivity contribution in [3.05, 3.63) is 0 Å². The zero-order valence-corrected chi connectivity index (χ0v) is 12.1. The van der Waals surface area contributed by atoms with Gasteiger partial charge in [0.15, 0.2) is 0 Å². The van der Waals surface area contributed by atoms with Crippen LogP contribution in [0.4, 0.5) is 18.0 Å². The summed E-state index contributed by atoms with van der Waals surface area (Å²) in [4.78, 5) is 11.8. The van der Waals surface area contributed by atoms with Crippen LogP contribution in [0.25, 0.3) is 0 Å². The van der Waals surface area contributed by atoms with Gasteiger partial charge in [-0.3, -0.25) is 0 Å². The van der Waals surface area contributed by atoms with Crippen LogP contribution >= 0.6 is 0 Å². The topological polar surface area (TPSA) is 64.3 Å². The van der Waals surface area contributed by atoms with Crippen LogP contribution in [0.2, 0.25) is 0 Å². The van der Waals surface area contributed by atoms with E-state index in [4.69, 9.17) is 10.5 Å². The second-order valence-corrected chi connectivity index (χ2v) is 6.32. The maximum Gasteiger partial charge on any atom is 0.408 e. The van der Waals surface area contributed by atoms with Crippen molar-refractivity contribution < 1.29 is 22.7 Å². The summed E-state index contributed by atoms with van der Waals surface area (Å²) >= 11 is 0. The minimum atomic E-state index is -4.44. The Labute approximate surface area is 117 Å². The first-order chi connectivity index (χ1) is 9.00. The number of alkyl carbamates (subject to hydrolysis) is 1. The molecule has 0 spiro atoms. The molecule has 3 N–H and O–H groups in total. The van der Waals surface area contributed by atoms with Crippen molar-refractivity contribution in [2.45, 2.75) is 63.8 Å². The predicted molar refractivity (Wildman–Crippen MR) is 69.2 cm³/mol. The Kier molecular flexibility index (Phi) is 4.94. The van der Waals surface area contributed by atoms with E-state index in [1.807, 2.05) is 0 Å². The molecular weight excluding hydrogens is 273 g/mol. The molecule has 4 nitrogen and oxygen atoms in total. The molecule has 0 aromatic heterocycles. The van der Waals surface area contributed by atoms with Crippen LogP contribution in [-0.2, 0) is 4.74 Å². The molecule has 0 saturated heterocycles. The number of hydrogen-bond acceptors (Lipinski definition) is 3. The minimum Gasteiger partial charge on any atom is -0.444 e. The molecule has 1 aliphatic carbocycles. The summed E-state index contributed by atoms with van der Waals surface area (Å²) < 4.78 is 44.5. The molecule has 0 heterocycles. The van der Waals surface area contributed by atoms with Gasteiger partial charge in [0.05, 0.1) is 11.5 Å². The quantitative estimate of drug-likeness (QED) is 0.841. The van der Waals surface area contributed by atoms with Gasteiger partial charge in [-0.25, -0.2) is 4.79 Å². The maximum atomic E-state index is 13.1. The predicted octanol–water partition coefficient (Wildman–Crippen LogP) is 2.96. The number of halogens is 3. The van der Waals surface area contributed by atoms with Crippen molar-refractivity contribution >= 4 is 6.09 Å². The van der Waals surface area contributed by atoms with E-state index in [0.29, 0.717) is 12.8 Å². The Bertz CT molecular complexity index is 345. The van der Waals surface area contributed by atoms with Crippen LogP contribution in [0.5, 0.6) is 0 Å². The van der Waals surface area contributed by atoms with Gasteiger partial charge in [-0.2, -0.15) is 13.2 Å². The van der Waals surface area contributed by atoms with Gasteiger partial charge in [0.25, 0.3) is 0 Å². The molecule has 0 aromatic rings. The van der Waals surface area contributed by atoms with Crippen molar-refractivity contribution in [2.24, 2.45) is 11.7 Å². The number of nitrogens with one attached hydrogen (secondary N) is 1. The molecule has 118 valence electrons. The van der Waals surface area contributed by atoms with Gasteiger partial charge in [0, 0.05) is 6.54 Å². The average molecular weight is 296 g/mol. The summed E-state index contributed by atoms with van der Waals surface area (Å²) in [6.07, 6.45) is -3.43. The molecule has 7 heteroatoms. The monoisotopic (exact) mass is 296 g/mol. The largest absolute Gasteiger partial charge is 0.444 e. The average Bonchev–Trinajstić information content (AvgIpc) is 2.61. The van der Waals surface area contributed by atoms with Crippen LogP contribution in [0.1, 0.15) is 46.5 Å². The number of ether oxygens (including phenoxy) is 1. The Morgan fingerprint density at radius 3 is 2.15 bits per heavy atom. The highest BCUT2D eigenvalue weighted by molar-refractivity contribution is 5.69. The van der Waals surface area contributed by atoms with E-state index in [-0.39, 0.29) is 12.8 Å². The van der Waals surface area contributed by atoms with Crippen LogP contribution in [-0.4, -0.2) is 30.0 Å². The van der Waals surface area contributed by atoms with Crippen molar-refractivity contribution in [3.8, 4) is 0 Å². The number of hydrogen-bond donors (Lipinski definition) is 2. The number of alkyl halides is 3. The summed E-state index contributed by atoms with van der Waals surface area (Å²) in [5.41, 5.74) is 3.23. The first kappa shape index (κ1) is 17.1. The standard InChI is InChI=1S/C13H23F3N2O2/c1-11(2,3)20-10(19)18-12(6-4-5-7-12)9(8-17)13(14,15)16/h9H,4-8,17H2,1-3H3,(H,18,19). The molecule has 0 bridgehead atoms. The third kappa shape index (κ3) is 4.26. The van der Waals surface area contributed by atoms with Crippen LogP contribution < -0.4 is 11.1 Å². The molecule has 0 aromatic carbocycles. The lowest BCUT2D eigenvalue weighted by Gasteiger charge is -2.39. The molecule has 1 aliphatic rings. The molecule has 1 atom stereocenters. The highest BCUT2D eigenvalue weighted by atomic mass is 19.4. The maximum absolute atomic E-state index is 13.1. The van der Waals surface area contributed by atoms with Crippen molar-refractivity contribution in [1.29, 1.82) is 0 Å². The number of nitrogens with two attached hydrogens (primary N) is 1. The molecule has 0 aliphatic heterocycles. The minimum absolute atomic E-state index is 0.271. The molecule has 1 saturated carbocycles. The van der Waals surface area contributed by atoms with Crippen molar-refractivity contribution in [3.63, 3.8) is 0 Å². The fourth-order valence-electron chi connectivity index (χ4n) is 2.75. The lowest BCUT2D eigenvalue weighted by molar-refractivity contribution is -0.192. The van der Waals surface area contributed by atoms with Crippen LogP contribution in [0, 0.1) is 5.92 Å². The highest BCUT2D eigenvalue weighted by Gasteiger charge is 2.54. The summed E-state index contributed by atoms with van der Waals surface area (Å²) in [6.45, 7) is 4.45. The number of rotatable bonds is 3. The van der Waals surface area contributed by atoms with E-state index >= 15 is 0 Å². The number of carbonyl (C=O) groups excluding carboxylic acids is 1. The third-order valence-electron chi connectivity index (χ3n) is 3.54. The Balaban J connectivity index is 2.90. The van der Waals surface area contributed by atoms with Crippen LogP contribution in [0.15, 0.2) is 0 Å². The van der Waals surface area contributed by atoms with E-state index in [0.717, 1.165) is 0 Å². The van der Waals surface area contributed by atoms with E-state index in [1.165, 1.54) is 0 Å². The first-order valence-electron chi connectivity index (χ1n) is 6.78. The van der Waals surface area contributed by atoms with Gasteiger partial charge in [0.1, 0.15) is 5.60 Å². The normalized spacial score (nSPS) is 20.6. The molecule has 1 unspecified atom stereocenters. The van der Waals surface area contributed by atoms with Gasteiger partial charge < -0.3 is 15.8 Å². The van der Waals surface area contributed by atoms with Gasteiger partial charge in [-0.15, -0.1) is 0 Å². The summed E-state index contributed by atoms with van der Waals surface area (Å²) in [6, 6.07) is 0. The van der Waals surface area contributed by atoms with Crippen molar-refractivity contribution in [2.75, 3.05) is 6.54 Å². The van der Waals surface area contributed by atoms with Gasteiger partial charge in [-0.05, 0) is 33.6 Å². The van der Waals surface area contributed by atoms with Crippen molar-refractivity contribution in [1.82, 2.24) is 5.32 Å². The summed E-state index contributed by atoms with van der Waals surface area (Å²) in [7, 11) is 0. The molecule has 0 radical (unpaired) electrons. The fourth-order valence-corrected chi connectivity index (χ4v) is 2.75. The molecule has 1 rings (SSSR count). The Morgan fingerprint density at radius 1 is 1.30 bits per heavy atom.